The fourth-order valence-electron chi connectivity index (χ4n) is 1.40. The van der Waals surface area contributed by atoms with Crippen LogP contribution >= 0.6 is 11.6 Å². The summed E-state index contributed by atoms with van der Waals surface area (Å²) in [4.78, 5) is 10.6. The van der Waals surface area contributed by atoms with Crippen LogP contribution in [0, 0.1) is 0 Å². The maximum atomic E-state index is 10.6. The number of aromatic nitrogens is 2. The molecule has 0 radical (unpaired) electrons. The Morgan fingerprint density at radius 2 is 2.21 bits per heavy atom. The van der Waals surface area contributed by atoms with Crippen LogP contribution in [0.3, 0.4) is 0 Å². The van der Waals surface area contributed by atoms with Crippen molar-refractivity contribution in [2.45, 2.75) is 19.5 Å². The van der Waals surface area contributed by atoms with Crippen LogP contribution in [0.5, 0.6) is 0 Å². The molecule has 19 heavy (non-hydrogen) atoms. The predicted octanol–water partition coefficient (Wildman–Crippen LogP) is 1.95. The summed E-state index contributed by atoms with van der Waals surface area (Å²) in [7, 11) is 0. The number of halogens is 1. The van der Waals surface area contributed by atoms with Crippen molar-refractivity contribution in [3.63, 3.8) is 0 Å². The van der Waals surface area contributed by atoms with Gasteiger partial charge in [-0.1, -0.05) is 23.7 Å². The second kappa shape index (κ2) is 5.81. The molecule has 2 rings (SSSR count). The lowest BCUT2D eigenvalue weighted by molar-refractivity contribution is -0.139. The minimum Gasteiger partial charge on any atom is -0.480 e. The topological polar surface area (TPSA) is 88.3 Å². The van der Waals surface area contributed by atoms with Crippen molar-refractivity contribution in [2.24, 2.45) is 0 Å². The van der Waals surface area contributed by atoms with Crippen molar-refractivity contribution in [3.05, 3.63) is 35.2 Å². The van der Waals surface area contributed by atoms with E-state index >= 15 is 0 Å². The number of nitrogens with zero attached hydrogens (tertiary/aromatic N) is 2. The highest BCUT2D eigenvalue weighted by atomic mass is 35.5. The van der Waals surface area contributed by atoms with E-state index in [1.165, 1.54) is 6.92 Å². The van der Waals surface area contributed by atoms with Gasteiger partial charge in [0.15, 0.2) is 0 Å². The monoisotopic (exact) mass is 281 g/mol. The third kappa shape index (κ3) is 3.30. The molecule has 1 aromatic heterocycles. The number of carboxylic acids is 1. The number of aliphatic carboxylic acids is 1. The van der Waals surface area contributed by atoms with Crippen LogP contribution in [-0.4, -0.2) is 27.3 Å². The molecule has 2 aromatic rings. The van der Waals surface area contributed by atoms with Crippen LogP contribution in [0.15, 0.2) is 28.7 Å². The number of benzene rings is 1. The van der Waals surface area contributed by atoms with Crippen molar-refractivity contribution in [1.82, 2.24) is 15.5 Å². The van der Waals surface area contributed by atoms with E-state index in [1.807, 2.05) is 6.07 Å². The van der Waals surface area contributed by atoms with Crippen LogP contribution < -0.4 is 5.32 Å². The average molecular weight is 282 g/mol. The van der Waals surface area contributed by atoms with Crippen LogP contribution in [0.4, 0.5) is 0 Å². The lowest BCUT2D eigenvalue weighted by Gasteiger charge is -2.05. The average Bonchev–Trinajstić information content (AvgIpc) is 2.85. The Morgan fingerprint density at radius 1 is 1.47 bits per heavy atom. The Morgan fingerprint density at radius 3 is 2.89 bits per heavy atom. The molecule has 1 aromatic carbocycles. The highest BCUT2D eigenvalue weighted by Gasteiger charge is 2.14. The maximum absolute atomic E-state index is 10.6. The summed E-state index contributed by atoms with van der Waals surface area (Å²) in [6.07, 6.45) is 0. The Hall–Kier alpha value is -1.92. The highest BCUT2D eigenvalue weighted by Crippen LogP contribution is 2.26. The van der Waals surface area contributed by atoms with Crippen LogP contribution in [-0.2, 0) is 11.3 Å². The van der Waals surface area contributed by atoms with Crippen molar-refractivity contribution < 1.29 is 14.3 Å². The molecule has 0 aliphatic carbocycles. The smallest absolute Gasteiger partial charge is 0.320 e. The van der Waals surface area contributed by atoms with Crippen LogP contribution in [0.2, 0.25) is 5.02 Å². The number of carbonyl (C=O) groups is 1. The molecule has 0 unspecified atom stereocenters. The van der Waals surface area contributed by atoms with Gasteiger partial charge >= 0.3 is 5.97 Å². The fourth-order valence-corrected chi connectivity index (χ4v) is 1.61. The van der Waals surface area contributed by atoms with Gasteiger partial charge in [0.2, 0.25) is 11.8 Å². The lowest BCUT2D eigenvalue weighted by Crippen LogP contribution is -2.33. The van der Waals surface area contributed by atoms with Crippen molar-refractivity contribution in [2.75, 3.05) is 0 Å². The molecule has 7 heteroatoms. The van der Waals surface area contributed by atoms with Gasteiger partial charge in [-0.25, -0.2) is 0 Å². The van der Waals surface area contributed by atoms with Crippen molar-refractivity contribution >= 4 is 17.6 Å². The molecule has 0 bridgehead atoms. The molecule has 0 aliphatic rings. The third-order valence-electron chi connectivity index (χ3n) is 2.50. The van der Waals surface area contributed by atoms with Gasteiger partial charge in [0.1, 0.15) is 6.04 Å². The second-order valence-electron chi connectivity index (χ2n) is 3.92. The summed E-state index contributed by atoms with van der Waals surface area (Å²) >= 11 is 6.02. The van der Waals surface area contributed by atoms with Gasteiger partial charge in [-0.2, -0.15) is 0 Å². The molecule has 2 N–H and O–H groups in total. The van der Waals surface area contributed by atoms with Crippen molar-refractivity contribution in [3.8, 4) is 11.5 Å². The Balaban J connectivity index is 2.08. The first kappa shape index (κ1) is 13.5. The highest BCUT2D eigenvalue weighted by molar-refractivity contribution is 6.33. The first-order chi connectivity index (χ1) is 9.08. The molecule has 0 amide bonds. The van der Waals surface area contributed by atoms with E-state index in [9.17, 15) is 4.79 Å². The Bertz CT molecular complexity index is 585. The number of hydrogen-bond acceptors (Lipinski definition) is 5. The Kier molecular flexibility index (Phi) is 4.13. The molecule has 100 valence electrons. The molecular formula is C12H12ClN3O3. The zero-order chi connectivity index (χ0) is 13.8. The second-order valence-corrected chi connectivity index (χ2v) is 4.33. The number of rotatable bonds is 5. The summed E-state index contributed by atoms with van der Waals surface area (Å²) in [5.74, 6) is -0.320. The molecular weight excluding hydrogens is 270 g/mol. The quantitative estimate of drug-likeness (QED) is 0.871. The largest absolute Gasteiger partial charge is 0.480 e. The number of nitrogens with one attached hydrogen (secondary N) is 1. The molecule has 0 saturated heterocycles. The fraction of sp³-hybridized carbons (Fsp3) is 0.250. The van der Waals surface area contributed by atoms with Gasteiger partial charge in [0.25, 0.3) is 0 Å². The maximum Gasteiger partial charge on any atom is 0.320 e. The van der Waals surface area contributed by atoms with Gasteiger partial charge in [-0.3, -0.25) is 10.1 Å². The molecule has 0 saturated carbocycles. The van der Waals surface area contributed by atoms with E-state index in [0.717, 1.165) is 0 Å². The van der Waals surface area contributed by atoms with E-state index in [-0.39, 0.29) is 6.54 Å². The van der Waals surface area contributed by atoms with E-state index in [1.54, 1.807) is 18.2 Å². The summed E-state index contributed by atoms with van der Waals surface area (Å²) in [6.45, 7) is 1.72. The Labute approximate surface area is 114 Å². The standard InChI is InChI=1S/C12H12ClN3O3/c1-7(12(17)18)14-6-10-15-16-11(19-10)8-4-2-3-5-9(8)13/h2-5,7,14H,6H2,1H3,(H,17,18)/t7-/m1/s1. The van der Waals surface area contributed by atoms with E-state index in [2.05, 4.69) is 15.5 Å². The lowest BCUT2D eigenvalue weighted by atomic mass is 10.2. The first-order valence-electron chi connectivity index (χ1n) is 5.61. The number of hydrogen-bond donors (Lipinski definition) is 2. The normalized spacial score (nSPS) is 12.3. The van der Waals surface area contributed by atoms with Gasteiger partial charge in [-0.05, 0) is 19.1 Å². The van der Waals surface area contributed by atoms with E-state index in [4.69, 9.17) is 21.1 Å². The minimum absolute atomic E-state index is 0.185. The van der Waals surface area contributed by atoms with Gasteiger partial charge in [0, 0.05) is 0 Å². The van der Waals surface area contributed by atoms with Gasteiger partial charge in [0.05, 0.1) is 17.1 Å². The van der Waals surface area contributed by atoms with Crippen LogP contribution in [0.1, 0.15) is 12.8 Å². The summed E-state index contributed by atoms with van der Waals surface area (Å²) in [6, 6.07) is 6.43. The molecule has 1 atom stereocenters. The molecule has 1 heterocycles. The minimum atomic E-state index is -0.939. The zero-order valence-corrected chi connectivity index (χ0v) is 10.9. The van der Waals surface area contributed by atoms with Crippen molar-refractivity contribution in [1.29, 1.82) is 0 Å². The zero-order valence-electron chi connectivity index (χ0n) is 10.1. The molecule has 6 nitrogen and oxygen atoms in total. The SMILES string of the molecule is C[C@@H](NCc1nnc(-c2ccccc2Cl)o1)C(=O)O. The molecule has 0 aliphatic heterocycles. The van der Waals surface area contributed by atoms with E-state index in [0.29, 0.717) is 22.4 Å². The predicted molar refractivity (Wildman–Crippen MR) is 68.7 cm³/mol. The van der Waals surface area contributed by atoms with Gasteiger partial charge in [-0.15, -0.1) is 10.2 Å². The van der Waals surface area contributed by atoms with E-state index < -0.39 is 12.0 Å². The van der Waals surface area contributed by atoms with Gasteiger partial charge < -0.3 is 9.52 Å². The first-order valence-corrected chi connectivity index (χ1v) is 5.99. The number of carboxylic acid groups (broad SMARTS) is 1. The summed E-state index contributed by atoms with van der Waals surface area (Å²) in [5.41, 5.74) is 0.647. The third-order valence-corrected chi connectivity index (χ3v) is 2.83. The molecule has 0 fully saturated rings. The van der Waals surface area contributed by atoms with Crippen LogP contribution in [0.25, 0.3) is 11.5 Å². The molecule has 0 spiro atoms. The summed E-state index contributed by atoms with van der Waals surface area (Å²) < 4.78 is 5.42. The summed E-state index contributed by atoms with van der Waals surface area (Å²) in [5, 5.41) is 19.7.